The van der Waals surface area contributed by atoms with Gasteiger partial charge in [-0.3, -0.25) is 19.2 Å². The van der Waals surface area contributed by atoms with Gasteiger partial charge in [0.05, 0.1) is 18.4 Å². The van der Waals surface area contributed by atoms with Gasteiger partial charge in [-0.05, 0) is 19.4 Å². The Morgan fingerprint density at radius 1 is 1.37 bits per heavy atom. The highest BCUT2D eigenvalue weighted by Gasteiger charge is 2.36. The highest BCUT2D eigenvalue weighted by atomic mass is 16.4. The predicted molar refractivity (Wildman–Crippen MR) is 97.4 cm³/mol. The average Bonchev–Trinajstić information content (AvgIpc) is 3.01. The van der Waals surface area contributed by atoms with E-state index in [0.29, 0.717) is 19.6 Å². The topological polar surface area (TPSA) is 111 Å². The number of amides is 3. The molecule has 2 fully saturated rings. The predicted octanol–water partition coefficient (Wildman–Crippen LogP) is -0.284. The van der Waals surface area contributed by atoms with Crippen LogP contribution < -0.4 is 10.2 Å². The molecule has 148 valence electrons. The van der Waals surface area contributed by atoms with E-state index < -0.39 is 5.97 Å². The van der Waals surface area contributed by atoms with Crippen LogP contribution in [-0.2, 0) is 16.6 Å². The van der Waals surface area contributed by atoms with E-state index in [1.807, 2.05) is 11.8 Å². The molecule has 0 unspecified atom stereocenters. The fraction of sp³-hybridized carbons (Fsp3) is 0.647. The third kappa shape index (κ3) is 4.38. The maximum atomic E-state index is 12.4. The Labute approximate surface area is 157 Å². The van der Waals surface area contributed by atoms with E-state index in [-0.39, 0.29) is 37.1 Å². The van der Waals surface area contributed by atoms with Crippen molar-refractivity contribution >= 4 is 23.6 Å². The maximum Gasteiger partial charge on any atom is 0.318 e. The first-order valence-electron chi connectivity index (χ1n) is 9.17. The first kappa shape index (κ1) is 19.2. The van der Waals surface area contributed by atoms with Crippen molar-refractivity contribution in [3.05, 3.63) is 12.4 Å². The molecule has 0 radical (unpaired) electrons. The number of carboxylic acids is 1. The second-order valence-electron chi connectivity index (χ2n) is 7.07. The number of nitrogens with zero attached hydrogens (tertiary/aromatic N) is 5. The van der Waals surface area contributed by atoms with E-state index in [1.54, 1.807) is 29.0 Å². The second kappa shape index (κ2) is 7.95. The van der Waals surface area contributed by atoms with E-state index >= 15 is 0 Å². The molecule has 3 amide bonds. The average molecular weight is 378 g/mol. The standard InChI is InChI=1S/C17H26N6O4/c1-3-21(11-16(25)26)13-6-12(7-13)19-17(27)22-4-5-23(15(24)10-22)14-8-18-20(2)9-14/h8-9,12-13H,3-7,10-11H2,1-2H3,(H,19,27)(H,25,26). The molecule has 3 rings (SSSR count). The minimum atomic E-state index is -0.839. The van der Waals surface area contributed by atoms with Crippen LogP contribution in [0.15, 0.2) is 12.4 Å². The summed E-state index contributed by atoms with van der Waals surface area (Å²) in [5.41, 5.74) is 0.738. The van der Waals surface area contributed by atoms with Gasteiger partial charge in [0.1, 0.15) is 6.54 Å². The molecular formula is C17H26N6O4. The minimum Gasteiger partial charge on any atom is -0.480 e. The fourth-order valence-electron chi connectivity index (χ4n) is 3.61. The van der Waals surface area contributed by atoms with Crippen molar-refractivity contribution < 1.29 is 19.5 Å². The molecular weight excluding hydrogens is 352 g/mol. The van der Waals surface area contributed by atoms with Gasteiger partial charge < -0.3 is 20.2 Å². The SMILES string of the molecule is CCN(CC(=O)O)C1CC(NC(=O)N2CCN(c3cnn(C)c3)C(=O)C2)C1. The second-order valence-corrected chi connectivity index (χ2v) is 7.07. The monoisotopic (exact) mass is 378 g/mol. The fourth-order valence-corrected chi connectivity index (χ4v) is 3.61. The van der Waals surface area contributed by atoms with Gasteiger partial charge in [-0.25, -0.2) is 4.79 Å². The van der Waals surface area contributed by atoms with Crippen LogP contribution >= 0.6 is 0 Å². The summed E-state index contributed by atoms with van der Waals surface area (Å²) >= 11 is 0. The molecule has 1 aromatic heterocycles. The molecule has 0 bridgehead atoms. The zero-order valence-corrected chi connectivity index (χ0v) is 15.7. The molecule has 0 atom stereocenters. The highest BCUT2D eigenvalue weighted by molar-refractivity contribution is 5.97. The Hall–Kier alpha value is -2.62. The zero-order chi connectivity index (χ0) is 19.6. The van der Waals surface area contributed by atoms with Gasteiger partial charge in [0.2, 0.25) is 5.91 Å². The van der Waals surface area contributed by atoms with E-state index in [2.05, 4.69) is 10.4 Å². The third-order valence-electron chi connectivity index (χ3n) is 5.21. The number of rotatable bonds is 6. The number of piperazine rings is 1. The molecule has 10 nitrogen and oxygen atoms in total. The van der Waals surface area contributed by atoms with Crippen LogP contribution in [0, 0.1) is 0 Å². The molecule has 1 aromatic rings. The summed E-state index contributed by atoms with van der Waals surface area (Å²) in [5.74, 6) is -0.969. The van der Waals surface area contributed by atoms with E-state index in [1.165, 1.54) is 4.90 Å². The minimum absolute atomic E-state index is 0.0205. The van der Waals surface area contributed by atoms with Crippen LogP contribution in [-0.4, -0.2) is 87.4 Å². The molecule has 1 aliphatic carbocycles. The Morgan fingerprint density at radius 3 is 2.67 bits per heavy atom. The first-order valence-corrected chi connectivity index (χ1v) is 9.17. The molecule has 0 spiro atoms. The summed E-state index contributed by atoms with van der Waals surface area (Å²) < 4.78 is 1.64. The zero-order valence-electron chi connectivity index (χ0n) is 15.7. The van der Waals surface area contributed by atoms with Crippen molar-refractivity contribution in [3.63, 3.8) is 0 Å². The molecule has 1 aliphatic heterocycles. The van der Waals surface area contributed by atoms with Crippen molar-refractivity contribution in [2.45, 2.75) is 31.8 Å². The maximum absolute atomic E-state index is 12.4. The van der Waals surface area contributed by atoms with Crippen molar-refractivity contribution in [1.82, 2.24) is 24.9 Å². The Kier molecular flexibility index (Phi) is 5.64. The Balaban J connectivity index is 1.45. The molecule has 1 saturated carbocycles. The van der Waals surface area contributed by atoms with Gasteiger partial charge in [0, 0.05) is 38.4 Å². The van der Waals surface area contributed by atoms with Gasteiger partial charge in [-0.1, -0.05) is 6.92 Å². The van der Waals surface area contributed by atoms with Crippen molar-refractivity contribution in [2.75, 3.05) is 37.6 Å². The molecule has 10 heteroatoms. The van der Waals surface area contributed by atoms with Gasteiger partial charge in [-0.15, -0.1) is 0 Å². The highest BCUT2D eigenvalue weighted by Crippen LogP contribution is 2.26. The van der Waals surface area contributed by atoms with Crippen LogP contribution in [0.1, 0.15) is 19.8 Å². The van der Waals surface area contributed by atoms with E-state index in [0.717, 1.165) is 18.5 Å². The lowest BCUT2D eigenvalue weighted by atomic mass is 9.85. The summed E-state index contributed by atoms with van der Waals surface area (Å²) in [4.78, 5) is 40.8. The Bertz CT molecular complexity index is 714. The lowest BCUT2D eigenvalue weighted by Gasteiger charge is -2.43. The van der Waals surface area contributed by atoms with E-state index in [4.69, 9.17) is 5.11 Å². The van der Waals surface area contributed by atoms with Crippen LogP contribution in [0.25, 0.3) is 0 Å². The lowest BCUT2D eigenvalue weighted by molar-refractivity contribution is -0.139. The Morgan fingerprint density at radius 2 is 2.11 bits per heavy atom. The van der Waals surface area contributed by atoms with Crippen LogP contribution in [0.2, 0.25) is 0 Å². The summed E-state index contributed by atoms with van der Waals surface area (Å²) in [6.45, 7) is 3.56. The number of carbonyl (C=O) groups excluding carboxylic acids is 2. The largest absolute Gasteiger partial charge is 0.480 e. The lowest BCUT2D eigenvalue weighted by Crippen LogP contribution is -2.60. The number of carboxylic acid groups (broad SMARTS) is 1. The molecule has 2 aliphatic rings. The number of urea groups is 1. The quantitative estimate of drug-likeness (QED) is 0.704. The van der Waals surface area contributed by atoms with Gasteiger partial charge >= 0.3 is 12.0 Å². The number of nitrogens with one attached hydrogen (secondary N) is 1. The summed E-state index contributed by atoms with van der Waals surface area (Å²) in [6.07, 6.45) is 4.88. The summed E-state index contributed by atoms with van der Waals surface area (Å²) in [5, 5.41) is 16.0. The third-order valence-corrected chi connectivity index (χ3v) is 5.21. The normalized spacial score (nSPS) is 22.7. The van der Waals surface area contributed by atoms with Crippen LogP contribution in [0.4, 0.5) is 10.5 Å². The summed E-state index contributed by atoms with van der Waals surface area (Å²) in [6, 6.07) is -0.0313. The number of anilines is 1. The number of hydrogen-bond donors (Lipinski definition) is 2. The van der Waals surface area contributed by atoms with Gasteiger partial charge in [0.15, 0.2) is 0 Å². The summed E-state index contributed by atoms with van der Waals surface area (Å²) in [7, 11) is 1.79. The molecule has 27 heavy (non-hydrogen) atoms. The van der Waals surface area contributed by atoms with Crippen LogP contribution in [0.3, 0.4) is 0 Å². The van der Waals surface area contributed by atoms with Gasteiger partial charge in [-0.2, -0.15) is 5.10 Å². The number of aryl methyl sites for hydroxylation is 1. The van der Waals surface area contributed by atoms with E-state index in [9.17, 15) is 14.4 Å². The molecule has 0 aromatic carbocycles. The van der Waals surface area contributed by atoms with Crippen molar-refractivity contribution in [3.8, 4) is 0 Å². The first-order chi connectivity index (χ1) is 12.9. The number of hydrogen-bond acceptors (Lipinski definition) is 5. The molecule has 2 heterocycles. The van der Waals surface area contributed by atoms with Gasteiger partial charge in [0.25, 0.3) is 0 Å². The van der Waals surface area contributed by atoms with Crippen molar-refractivity contribution in [1.29, 1.82) is 0 Å². The number of aliphatic carboxylic acids is 1. The number of aromatic nitrogens is 2. The van der Waals surface area contributed by atoms with Crippen LogP contribution in [0.5, 0.6) is 0 Å². The molecule has 2 N–H and O–H groups in total. The number of carbonyl (C=O) groups is 3. The smallest absolute Gasteiger partial charge is 0.318 e. The van der Waals surface area contributed by atoms with Crippen molar-refractivity contribution in [2.24, 2.45) is 7.05 Å². The molecule has 1 saturated heterocycles. The number of likely N-dealkylation sites (N-methyl/N-ethyl adjacent to an activating group) is 1.